The minimum Gasteiger partial charge on any atom is -0.369 e. The van der Waals surface area contributed by atoms with Gasteiger partial charge in [0.2, 0.25) is 5.60 Å². The Morgan fingerprint density at radius 1 is 1.29 bits per heavy atom. The number of carbonyl (C=O) groups excluding carboxylic acids is 2. The van der Waals surface area contributed by atoms with E-state index in [-0.39, 0.29) is 12.1 Å². The molecule has 1 aromatic carbocycles. The molecule has 2 aromatic rings. The number of amides is 2. The predicted octanol–water partition coefficient (Wildman–Crippen LogP) is 1.18. The monoisotopic (exact) mass is 419 g/mol. The minimum absolute atomic E-state index is 0.157. The number of likely N-dealkylation sites (N-methyl/N-ethyl adjacent to an activating group) is 1. The third kappa shape index (κ3) is 4.09. The Morgan fingerprint density at radius 2 is 2.10 bits per heavy atom. The molecule has 4 rings (SSSR count). The number of aromatic nitrogens is 2. The fraction of sp³-hybridized carbons (Fsp3) is 0.391. The topological polar surface area (TPSA) is 113 Å². The number of primary amides is 1. The van der Waals surface area contributed by atoms with Gasteiger partial charge in [0.25, 0.3) is 11.8 Å². The van der Waals surface area contributed by atoms with E-state index in [9.17, 15) is 14.7 Å². The molecule has 31 heavy (non-hydrogen) atoms. The molecule has 0 spiro atoms. The molecule has 160 valence electrons. The van der Waals surface area contributed by atoms with Gasteiger partial charge in [-0.25, -0.2) is 9.97 Å². The van der Waals surface area contributed by atoms with Crippen LogP contribution >= 0.6 is 0 Å². The summed E-state index contributed by atoms with van der Waals surface area (Å²) < 4.78 is 0. The second-order valence-corrected chi connectivity index (χ2v) is 8.15. The molecule has 2 amide bonds. The number of carbonyl (C=O) groups is 2. The fourth-order valence-electron chi connectivity index (χ4n) is 3.99. The van der Waals surface area contributed by atoms with E-state index in [4.69, 9.17) is 5.73 Å². The molecule has 0 aliphatic carbocycles. The highest BCUT2D eigenvalue weighted by molar-refractivity contribution is 5.92. The summed E-state index contributed by atoms with van der Waals surface area (Å²) >= 11 is 0. The molecule has 1 aromatic heterocycles. The first-order valence-electron chi connectivity index (χ1n) is 10.3. The Balaban J connectivity index is 1.69. The van der Waals surface area contributed by atoms with Crippen molar-refractivity contribution in [2.45, 2.75) is 37.8 Å². The second kappa shape index (κ2) is 8.00. The van der Waals surface area contributed by atoms with Crippen LogP contribution < -0.4 is 10.6 Å². The molecule has 3 heterocycles. The largest absolute Gasteiger partial charge is 0.369 e. The highest BCUT2D eigenvalue weighted by atomic mass is 16.3. The van der Waals surface area contributed by atoms with Crippen molar-refractivity contribution in [3.63, 3.8) is 0 Å². The molecule has 3 N–H and O–H groups in total. The van der Waals surface area contributed by atoms with E-state index in [0.29, 0.717) is 35.4 Å². The molecule has 2 atom stereocenters. The maximum atomic E-state index is 12.1. The summed E-state index contributed by atoms with van der Waals surface area (Å²) in [4.78, 5) is 36.6. The lowest BCUT2D eigenvalue weighted by molar-refractivity contribution is -0.137. The maximum Gasteiger partial charge on any atom is 0.267 e. The van der Waals surface area contributed by atoms with Gasteiger partial charge >= 0.3 is 0 Å². The molecule has 2 aliphatic rings. The number of anilines is 1. The third-order valence-electron chi connectivity index (χ3n) is 5.86. The second-order valence-electron chi connectivity index (χ2n) is 8.15. The van der Waals surface area contributed by atoms with Gasteiger partial charge in [0.1, 0.15) is 11.5 Å². The summed E-state index contributed by atoms with van der Waals surface area (Å²) in [6.45, 7) is 3.46. The van der Waals surface area contributed by atoms with E-state index in [2.05, 4.69) is 33.6 Å². The SMILES string of the molecule is C[C@@H]1CCCN1c1cc(C(N)=O)nc(-c2cccc(C#C[C@]3(O)CCN(C)C3=O)c2)n1. The summed E-state index contributed by atoms with van der Waals surface area (Å²) in [5, 5.41) is 10.5. The van der Waals surface area contributed by atoms with Gasteiger partial charge in [-0.1, -0.05) is 24.0 Å². The highest BCUT2D eigenvalue weighted by Gasteiger charge is 2.42. The van der Waals surface area contributed by atoms with E-state index < -0.39 is 17.4 Å². The van der Waals surface area contributed by atoms with Gasteiger partial charge in [-0.2, -0.15) is 0 Å². The summed E-state index contributed by atoms with van der Waals surface area (Å²) in [5.41, 5.74) is 5.29. The van der Waals surface area contributed by atoms with Crippen LogP contribution in [0.1, 0.15) is 42.2 Å². The number of benzene rings is 1. The zero-order valence-corrected chi connectivity index (χ0v) is 17.6. The quantitative estimate of drug-likeness (QED) is 0.723. The van der Waals surface area contributed by atoms with Crippen LogP contribution in [-0.2, 0) is 4.79 Å². The summed E-state index contributed by atoms with van der Waals surface area (Å²) in [6.07, 6.45) is 2.40. The first-order valence-corrected chi connectivity index (χ1v) is 10.3. The Bertz CT molecular complexity index is 1110. The lowest BCUT2D eigenvalue weighted by Crippen LogP contribution is -2.37. The molecule has 0 saturated carbocycles. The van der Waals surface area contributed by atoms with Gasteiger partial charge in [0, 0.05) is 49.8 Å². The molecule has 8 nitrogen and oxygen atoms in total. The van der Waals surface area contributed by atoms with Crippen molar-refractivity contribution in [2.75, 3.05) is 25.0 Å². The minimum atomic E-state index is -1.66. The normalized spacial score (nSPS) is 23.1. The van der Waals surface area contributed by atoms with Gasteiger partial charge in [0.15, 0.2) is 5.82 Å². The Morgan fingerprint density at radius 3 is 2.74 bits per heavy atom. The average Bonchev–Trinajstić information content (AvgIpc) is 3.31. The van der Waals surface area contributed by atoms with Gasteiger partial charge < -0.3 is 20.6 Å². The Hall–Kier alpha value is -3.44. The number of nitrogens with two attached hydrogens (primary N) is 1. The van der Waals surface area contributed by atoms with Crippen molar-refractivity contribution in [3.05, 3.63) is 41.6 Å². The van der Waals surface area contributed by atoms with Crippen molar-refractivity contribution >= 4 is 17.6 Å². The summed E-state index contributed by atoms with van der Waals surface area (Å²) in [5.74, 6) is 5.66. The van der Waals surface area contributed by atoms with Crippen LogP contribution in [0.25, 0.3) is 11.4 Å². The van der Waals surface area contributed by atoms with E-state index in [1.54, 1.807) is 31.3 Å². The standard InChI is InChI=1S/C23H25N5O3/c1-15-5-4-11-28(15)19-14-18(20(24)29)25-21(26-19)17-7-3-6-16(13-17)8-9-23(31)10-12-27(2)22(23)30/h3,6-7,13-15,31H,4-5,10-12H2,1-2H3,(H2,24,29)/t15-,23+/m1/s1. The third-order valence-corrected chi connectivity index (χ3v) is 5.86. The Labute approximate surface area is 181 Å². The first kappa shape index (κ1) is 20.8. The molecule has 2 fully saturated rings. The van der Waals surface area contributed by atoms with Crippen LogP contribution in [0.5, 0.6) is 0 Å². The van der Waals surface area contributed by atoms with Crippen molar-refractivity contribution in [3.8, 4) is 23.2 Å². The average molecular weight is 419 g/mol. The fourth-order valence-corrected chi connectivity index (χ4v) is 3.99. The molecule has 0 bridgehead atoms. The van der Waals surface area contributed by atoms with Crippen molar-refractivity contribution in [2.24, 2.45) is 5.73 Å². The van der Waals surface area contributed by atoms with Gasteiger partial charge in [0.05, 0.1) is 0 Å². The van der Waals surface area contributed by atoms with Crippen molar-refractivity contribution in [1.82, 2.24) is 14.9 Å². The lowest BCUT2D eigenvalue weighted by Gasteiger charge is -2.23. The first-order chi connectivity index (χ1) is 14.8. The van der Waals surface area contributed by atoms with Crippen LogP contribution in [0.15, 0.2) is 30.3 Å². The van der Waals surface area contributed by atoms with Crippen molar-refractivity contribution < 1.29 is 14.7 Å². The lowest BCUT2D eigenvalue weighted by atomic mass is 10.0. The summed E-state index contributed by atoms with van der Waals surface area (Å²) in [7, 11) is 1.64. The van der Waals surface area contributed by atoms with Gasteiger partial charge in [-0.05, 0) is 31.9 Å². The van der Waals surface area contributed by atoms with Gasteiger partial charge in [-0.15, -0.1) is 0 Å². The van der Waals surface area contributed by atoms with Crippen LogP contribution in [0.4, 0.5) is 5.82 Å². The molecule has 2 saturated heterocycles. The molecule has 0 radical (unpaired) electrons. The number of aliphatic hydroxyl groups is 1. The van der Waals surface area contributed by atoms with Crippen LogP contribution in [-0.4, -0.2) is 63.6 Å². The number of rotatable bonds is 3. The highest BCUT2D eigenvalue weighted by Crippen LogP contribution is 2.27. The predicted molar refractivity (Wildman–Crippen MR) is 116 cm³/mol. The molecule has 2 aliphatic heterocycles. The molecular formula is C23H25N5O3. The Kier molecular flexibility index (Phi) is 5.38. The van der Waals surface area contributed by atoms with Crippen molar-refractivity contribution in [1.29, 1.82) is 0 Å². The van der Waals surface area contributed by atoms with E-state index >= 15 is 0 Å². The number of likely N-dealkylation sites (tertiary alicyclic amines) is 1. The molecule has 8 heteroatoms. The number of hydrogen-bond acceptors (Lipinski definition) is 6. The van der Waals surface area contributed by atoms with Crippen LogP contribution in [0.2, 0.25) is 0 Å². The summed E-state index contributed by atoms with van der Waals surface area (Å²) in [6, 6.07) is 9.13. The number of nitrogens with zero attached hydrogens (tertiary/aromatic N) is 4. The van der Waals surface area contributed by atoms with E-state index in [1.807, 2.05) is 6.07 Å². The van der Waals surface area contributed by atoms with E-state index in [1.165, 1.54) is 4.90 Å². The zero-order valence-electron chi connectivity index (χ0n) is 17.6. The van der Waals surface area contributed by atoms with Crippen LogP contribution in [0.3, 0.4) is 0 Å². The van der Waals surface area contributed by atoms with Crippen LogP contribution in [0, 0.1) is 11.8 Å². The molecule has 0 unspecified atom stereocenters. The smallest absolute Gasteiger partial charge is 0.267 e. The molecular weight excluding hydrogens is 394 g/mol. The maximum absolute atomic E-state index is 12.1. The van der Waals surface area contributed by atoms with Gasteiger partial charge in [-0.3, -0.25) is 9.59 Å². The zero-order chi connectivity index (χ0) is 22.2. The van der Waals surface area contributed by atoms with E-state index in [0.717, 1.165) is 19.4 Å². The number of hydrogen-bond donors (Lipinski definition) is 2.